The minimum absolute atomic E-state index is 0.153. The third-order valence-electron chi connectivity index (χ3n) is 3.47. The largest absolute Gasteiger partial charge is 0.301 e. The van der Waals surface area contributed by atoms with Crippen LogP contribution in [0.1, 0.15) is 11.6 Å². The van der Waals surface area contributed by atoms with Gasteiger partial charge in [-0.25, -0.2) is 4.39 Å². The first kappa shape index (κ1) is 10.7. The van der Waals surface area contributed by atoms with Crippen molar-refractivity contribution < 1.29 is 4.39 Å². The highest BCUT2D eigenvalue weighted by atomic mass is 19.1. The van der Waals surface area contributed by atoms with Crippen LogP contribution in [-0.2, 0) is 0 Å². The van der Waals surface area contributed by atoms with E-state index in [2.05, 4.69) is 18.1 Å². The number of likely N-dealkylation sites (tertiary alicyclic amines) is 1. The Balaban J connectivity index is 2.06. The molecule has 3 nitrogen and oxygen atoms in total. The molecule has 1 aliphatic heterocycles. The van der Waals surface area contributed by atoms with Crippen molar-refractivity contribution in [3.63, 3.8) is 0 Å². The lowest BCUT2D eigenvalue weighted by molar-refractivity contribution is 0.271. The molecule has 0 amide bonds. The first-order chi connectivity index (χ1) is 8.15. The van der Waals surface area contributed by atoms with Crippen LogP contribution in [0.5, 0.6) is 0 Å². The van der Waals surface area contributed by atoms with Gasteiger partial charge in [0.25, 0.3) is 0 Å². The van der Waals surface area contributed by atoms with E-state index in [9.17, 15) is 4.39 Å². The predicted molar refractivity (Wildman–Crippen MR) is 65.9 cm³/mol. The second-order valence-electron chi connectivity index (χ2n) is 4.96. The molecule has 1 aromatic heterocycles. The molecule has 2 atom stereocenters. The maximum absolute atomic E-state index is 13.9. The van der Waals surface area contributed by atoms with Crippen molar-refractivity contribution in [3.8, 4) is 0 Å². The molecular formula is C13H16FN3. The molecule has 2 aromatic rings. The number of hydrogen-bond donors (Lipinski definition) is 0. The molecule has 0 spiro atoms. The number of rotatable bonds is 1. The van der Waals surface area contributed by atoms with E-state index < -0.39 is 6.17 Å². The highest BCUT2D eigenvalue weighted by Crippen LogP contribution is 2.27. The number of aromatic nitrogens is 2. The van der Waals surface area contributed by atoms with Gasteiger partial charge in [-0.2, -0.15) is 5.10 Å². The summed E-state index contributed by atoms with van der Waals surface area (Å²) in [5.74, 6) is 0. The molecule has 2 heterocycles. The number of aryl methyl sites for hydroxylation is 1. The number of benzene rings is 1. The Labute approximate surface area is 99.8 Å². The van der Waals surface area contributed by atoms with Gasteiger partial charge in [0, 0.05) is 18.5 Å². The fourth-order valence-electron chi connectivity index (χ4n) is 2.60. The topological polar surface area (TPSA) is 21.1 Å². The summed E-state index contributed by atoms with van der Waals surface area (Å²) in [6.07, 6.45) is 0.998. The number of likely N-dealkylation sites (N-methyl/N-ethyl adjacent to an activating group) is 1. The molecule has 1 fully saturated rings. The van der Waals surface area contributed by atoms with Gasteiger partial charge in [0.2, 0.25) is 0 Å². The highest BCUT2D eigenvalue weighted by molar-refractivity contribution is 5.79. The van der Waals surface area contributed by atoms with Gasteiger partial charge in [0.1, 0.15) is 6.17 Å². The molecular weight excluding hydrogens is 217 g/mol. The Kier molecular flexibility index (Phi) is 2.40. The van der Waals surface area contributed by atoms with E-state index in [4.69, 9.17) is 0 Å². The van der Waals surface area contributed by atoms with Gasteiger partial charge < -0.3 is 4.90 Å². The molecule has 0 radical (unpaired) electrons. The highest BCUT2D eigenvalue weighted by Gasteiger charge is 2.33. The van der Waals surface area contributed by atoms with E-state index in [-0.39, 0.29) is 6.04 Å². The van der Waals surface area contributed by atoms with Gasteiger partial charge in [-0.3, -0.25) is 4.68 Å². The van der Waals surface area contributed by atoms with Crippen LogP contribution in [0.4, 0.5) is 4.39 Å². The Morgan fingerprint density at radius 1 is 1.35 bits per heavy atom. The average Bonchev–Trinajstić information content (AvgIpc) is 2.81. The van der Waals surface area contributed by atoms with Gasteiger partial charge in [0.15, 0.2) is 0 Å². The van der Waals surface area contributed by atoms with E-state index >= 15 is 0 Å². The summed E-state index contributed by atoms with van der Waals surface area (Å²) in [5.41, 5.74) is 2.23. The molecule has 0 aliphatic carbocycles. The lowest BCUT2D eigenvalue weighted by Crippen LogP contribution is -2.19. The summed E-state index contributed by atoms with van der Waals surface area (Å²) < 4.78 is 15.7. The van der Waals surface area contributed by atoms with Crippen molar-refractivity contribution in [2.24, 2.45) is 0 Å². The SMILES string of the molecule is Cc1ccc2c(cnn2C2CN(C)CC2F)c1. The van der Waals surface area contributed by atoms with Crippen molar-refractivity contribution in [2.75, 3.05) is 20.1 Å². The lowest BCUT2D eigenvalue weighted by Gasteiger charge is -2.14. The zero-order valence-electron chi connectivity index (χ0n) is 10.1. The fraction of sp³-hybridized carbons (Fsp3) is 0.462. The number of hydrogen-bond acceptors (Lipinski definition) is 2. The Hall–Kier alpha value is -1.42. The Morgan fingerprint density at radius 3 is 2.88 bits per heavy atom. The van der Waals surface area contributed by atoms with Crippen LogP contribution in [0.15, 0.2) is 24.4 Å². The van der Waals surface area contributed by atoms with Gasteiger partial charge in [-0.1, -0.05) is 11.6 Å². The number of alkyl halides is 1. The normalized spacial score (nSPS) is 25.8. The van der Waals surface area contributed by atoms with Crippen molar-refractivity contribution in [1.29, 1.82) is 0 Å². The van der Waals surface area contributed by atoms with E-state index in [1.807, 2.05) is 35.0 Å². The molecule has 0 saturated carbocycles. The van der Waals surface area contributed by atoms with Crippen molar-refractivity contribution in [1.82, 2.24) is 14.7 Å². The quantitative estimate of drug-likeness (QED) is 0.752. The van der Waals surface area contributed by atoms with Crippen LogP contribution in [-0.4, -0.2) is 41.0 Å². The zero-order valence-corrected chi connectivity index (χ0v) is 10.1. The van der Waals surface area contributed by atoms with Crippen LogP contribution in [0.2, 0.25) is 0 Å². The van der Waals surface area contributed by atoms with E-state index in [1.165, 1.54) is 5.56 Å². The maximum Gasteiger partial charge on any atom is 0.136 e. The molecule has 3 rings (SSSR count). The van der Waals surface area contributed by atoms with Gasteiger partial charge in [-0.15, -0.1) is 0 Å². The number of nitrogens with zero attached hydrogens (tertiary/aromatic N) is 3. The van der Waals surface area contributed by atoms with Gasteiger partial charge >= 0.3 is 0 Å². The maximum atomic E-state index is 13.9. The molecule has 17 heavy (non-hydrogen) atoms. The van der Waals surface area contributed by atoms with E-state index in [0.29, 0.717) is 6.54 Å². The van der Waals surface area contributed by atoms with Crippen LogP contribution < -0.4 is 0 Å². The standard InChI is InChI=1S/C13H16FN3/c1-9-3-4-12-10(5-9)6-15-17(12)13-8-16(2)7-11(13)14/h3-6,11,13H,7-8H2,1-2H3. The summed E-state index contributed by atoms with van der Waals surface area (Å²) in [4.78, 5) is 2.01. The second kappa shape index (κ2) is 3.81. The predicted octanol–water partition coefficient (Wildman–Crippen LogP) is 2.17. The van der Waals surface area contributed by atoms with Crippen LogP contribution >= 0.6 is 0 Å². The Morgan fingerprint density at radius 2 is 2.18 bits per heavy atom. The summed E-state index contributed by atoms with van der Waals surface area (Å²) in [6, 6.07) is 6.01. The second-order valence-corrected chi connectivity index (χ2v) is 4.96. The van der Waals surface area contributed by atoms with E-state index in [0.717, 1.165) is 17.4 Å². The summed E-state index contributed by atoms with van der Waals surface area (Å²) in [6.45, 7) is 3.28. The van der Waals surface area contributed by atoms with Crippen molar-refractivity contribution in [2.45, 2.75) is 19.1 Å². The average molecular weight is 233 g/mol. The minimum atomic E-state index is -0.829. The molecule has 2 unspecified atom stereocenters. The third kappa shape index (κ3) is 1.72. The van der Waals surface area contributed by atoms with Crippen LogP contribution in [0.25, 0.3) is 10.9 Å². The fourth-order valence-corrected chi connectivity index (χ4v) is 2.60. The van der Waals surface area contributed by atoms with Crippen LogP contribution in [0, 0.1) is 6.92 Å². The lowest BCUT2D eigenvalue weighted by atomic mass is 10.1. The first-order valence-electron chi connectivity index (χ1n) is 5.91. The molecule has 1 aliphatic rings. The number of halogens is 1. The number of fused-ring (bicyclic) bond motifs is 1. The molecule has 90 valence electrons. The monoisotopic (exact) mass is 233 g/mol. The van der Waals surface area contributed by atoms with Crippen LogP contribution in [0.3, 0.4) is 0 Å². The van der Waals surface area contributed by atoms with Gasteiger partial charge in [0.05, 0.1) is 17.8 Å². The van der Waals surface area contributed by atoms with E-state index in [1.54, 1.807) is 0 Å². The summed E-state index contributed by atoms with van der Waals surface area (Å²) in [5, 5.41) is 5.44. The summed E-state index contributed by atoms with van der Waals surface area (Å²) >= 11 is 0. The first-order valence-corrected chi connectivity index (χ1v) is 5.91. The molecule has 4 heteroatoms. The zero-order chi connectivity index (χ0) is 12.0. The van der Waals surface area contributed by atoms with Crippen molar-refractivity contribution >= 4 is 10.9 Å². The molecule has 1 saturated heterocycles. The van der Waals surface area contributed by atoms with Gasteiger partial charge in [-0.05, 0) is 26.1 Å². The smallest absolute Gasteiger partial charge is 0.136 e. The van der Waals surface area contributed by atoms with Crippen molar-refractivity contribution in [3.05, 3.63) is 30.0 Å². The molecule has 1 aromatic carbocycles. The summed E-state index contributed by atoms with van der Waals surface area (Å²) in [7, 11) is 1.95. The third-order valence-corrected chi connectivity index (χ3v) is 3.47. The molecule has 0 bridgehead atoms. The Bertz CT molecular complexity index is 549. The molecule has 0 N–H and O–H groups in total. The minimum Gasteiger partial charge on any atom is -0.301 e.